The molecule has 0 aliphatic carbocycles. The third-order valence-electron chi connectivity index (χ3n) is 13.4. The van der Waals surface area contributed by atoms with Gasteiger partial charge in [0.05, 0.1) is 0 Å². The lowest BCUT2D eigenvalue weighted by atomic mass is 10.0. The smallest absolute Gasteiger partial charge is 0.306 e. The Hall–Kier alpha value is -3.41. The van der Waals surface area contributed by atoms with Crippen molar-refractivity contribution in [1.29, 1.82) is 0 Å². The van der Waals surface area contributed by atoms with E-state index in [2.05, 4.69) is 99.8 Å². The highest BCUT2D eigenvalue weighted by molar-refractivity contribution is 5.71. The summed E-state index contributed by atoms with van der Waals surface area (Å²) in [5, 5.41) is 0. The van der Waals surface area contributed by atoms with E-state index in [1.165, 1.54) is 180 Å². The summed E-state index contributed by atoms with van der Waals surface area (Å²) in [4.78, 5) is 38.2. The van der Waals surface area contributed by atoms with Gasteiger partial charge >= 0.3 is 17.9 Å². The Kier molecular flexibility index (Phi) is 58.3. The summed E-state index contributed by atoms with van der Waals surface area (Å²) < 4.78 is 16.8. The summed E-state index contributed by atoms with van der Waals surface area (Å²) in [6, 6.07) is 0. The molecule has 0 aliphatic rings. The van der Waals surface area contributed by atoms with E-state index in [1.807, 2.05) is 6.08 Å². The highest BCUT2D eigenvalue weighted by Crippen LogP contribution is 2.16. The van der Waals surface area contributed by atoms with Gasteiger partial charge in [-0.05, 0) is 89.9 Å². The number of ether oxygens (including phenoxy) is 3. The summed E-state index contributed by atoms with van der Waals surface area (Å²) in [6.45, 7) is 6.55. The maximum atomic E-state index is 12.9. The Morgan fingerprint density at radius 1 is 0.274 bits per heavy atom. The minimum absolute atomic E-state index is 0.106. The van der Waals surface area contributed by atoms with Crippen LogP contribution >= 0.6 is 0 Å². The Labute approximate surface area is 452 Å². The molecule has 0 unspecified atom stereocenters. The van der Waals surface area contributed by atoms with Gasteiger partial charge in [0.15, 0.2) is 6.10 Å². The average molecular weight is 1020 g/mol. The van der Waals surface area contributed by atoms with E-state index in [1.54, 1.807) is 0 Å². The lowest BCUT2D eigenvalue weighted by Crippen LogP contribution is -2.30. The number of carbonyl (C=O) groups excluding carboxylic acids is 3. The van der Waals surface area contributed by atoms with Gasteiger partial charge in [0, 0.05) is 19.3 Å². The largest absolute Gasteiger partial charge is 0.462 e. The van der Waals surface area contributed by atoms with Gasteiger partial charge in [0.25, 0.3) is 0 Å². The molecular formula is C67H116O6. The third kappa shape index (κ3) is 59.3. The quantitative estimate of drug-likeness (QED) is 0.0261. The van der Waals surface area contributed by atoms with Crippen molar-refractivity contribution >= 4 is 17.9 Å². The van der Waals surface area contributed by atoms with Crippen LogP contribution < -0.4 is 0 Å². The molecule has 0 aromatic heterocycles. The van der Waals surface area contributed by atoms with Crippen LogP contribution in [0.4, 0.5) is 0 Å². The van der Waals surface area contributed by atoms with Crippen LogP contribution in [0.15, 0.2) is 85.1 Å². The van der Waals surface area contributed by atoms with Gasteiger partial charge in [-0.1, -0.05) is 279 Å². The van der Waals surface area contributed by atoms with Gasteiger partial charge in [-0.2, -0.15) is 0 Å². The van der Waals surface area contributed by atoms with Crippen LogP contribution in [0.25, 0.3) is 0 Å². The molecule has 0 bridgehead atoms. The number of hydrogen-bond donors (Lipinski definition) is 0. The average Bonchev–Trinajstić information content (AvgIpc) is 3.39. The Bertz CT molecular complexity index is 1400. The molecule has 0 saturated carbocycles. The minimum atomic E-state index is -0.819. The lowest BCUT2D eigenvalue weighted by Gasteiger charge is -2.18. The van der Waals surface area contributed by atoms with Crippen LogP contribution in [0, 0.1) is 0 Å². The second kappa shape index (κ2) is 61.1. The molecule has 1 atom stereocenters. The monoisotopic (exact) mass is 1020 g/mol. The maximum Gasteiger partial charge on any atom is 0.306 e. The van der Waals surface area contributed by atoms with Crippen molar-refractivity contribution in [3.8, 4) is 0 Å². The van der Waals surface area contributed by atoms with Gasteiger partial charge < -0.3 is 14.2 Å². The fourth-order valence-corrected chi connectivity index (χ4v) is 8.69. The first-order valence-corrected chi connectivity index (χ1v) is 31.1. The first kappa shape index (κ1) is 69.6. The van der Waals surface area contributed by atoms with Crippen molar-refractivity contribution in [3.63, 3.8) is 0 Å². The van der Waals surface area contributed by atoms with Gasteiger partial charge in [-0.15, -0.1) is 0 Å². The molecule has 0 spiro atoms. The minimum Gasteiger partial charge on any atom is -0.462 e. The van der Waals surface area contributed by atoms with Crippen LogP contribution in [0.3, 0.4) is 0 Å². The molecule has 0 fully saturated rings. The van der Waals surface area contributed by atoms with Crippen LogP contribution in [-0.4, -0.2) is 37.2 Å². The van der Waals surface area contributed by atoms with E-state index >= 15 is 0 Å². The second-order valence-corrected chi connectivity index (χ2v) is 20.6. The molecule has 6 heteroatoms. The number of hydrogen-bond acceptors (Lipinski definition) is 6. The summed E-state index contributed by atoms with van der Waals surface area (Å²) in [5.41, 5.74) is 0. The Morgan fingerprint density at radius 2 is 0.521 bits per heavy atom. The predicted molar refractivity (Wildman–Crippen MR) is 316 cm³/mol. The zero-order valence-electron chi connectivity index (χ0n) is 48.1. The van der Waals surface area contributed by atoms with Gasteiger partial charge in [0.2, 0.25) is 0 Å². The van der Waals surface area contributed by atoms with Crippen molar-refractivity contribution in [2.45, 2.75) is 309 Å². The van der Waals surface area contributed by atoms with E-state index in [-0.39, 0.29) is 37.5 Å². The molecule has 0 aliphatic heterocycles. The van der Waals surface area contributed by atoms with E-state index in [0.717, 1.165) is 77.0 Å². The molecule has 0 saturated heterocycles. The SMILES string of the molecule is CCCCC/C=C\C/C=C\C/C=C\C/C=C\C/C=C\CCC(=O)O[C@H](COC(=O)CCCCCCCCC/C=C\C/C=C\CCCCC)COC(=O)CCCCCCCCCCCCCCCCCCCCC. The zero-order valence-corrected chi connectivity index (χ0v) is 48.1. The number of esters is 3. The predicted octanol–water partition coefficient (Wildman–Crippen LogP) is 21.1. The van der Waals surface area contributed by atoms with Crippen LogP contribution in [0.2, 0.25) is 0 Å². The molecule has 0 N–H and O–H groups in total. The first-order valence-electron chi connectivity index (χ1n) is 31.1. The van der Waals surface area contributed by atoms with Crippen molar-refractivity contribution in [3.05, 3.63) is 85.1 Å². The van der Waals surface area contributed by atoms with Crippen molar-refractivity contribution in [2.24, 2.45) is 0 Å². The van der Waals surface area contributed by atoms with Crippen molar-refractivity contribution < 1.29 is 28.6 Å². The van der Waals surface area contributed by atoms with Gasteiger partial charge in [0.1, 0.15) is 13.2 Å². The Morgan fingerprint density at radius 3 is 0.849 bits per heavy atom. The lowest BCUT2D eigenvalue weighted by molar-refractivity contribution is -0.166. The molecule has 0 rings (SSSR count). The molecular weight excluding hydrogens is 901 g/mol. The number of rotatable bonds is 56. The summed E-state index contributed by atoms with van der Waals surface area (Å²) in [6.07, 6.45) is 80.2. The standard InChI is InChI=1S/C67H116O6/c1-4-7-10-13-16-19-22-25-28-31-33-36-39-42-45-48-51-54-57-60-66(69)72-63-64(62-71-65(68)59-56-53-50-47-44-41-38-35-30-27-24-21-18-15-12-9-6-3)73-67(70)61-58-55-52-49-46-43-40-37-34-32-29-26-23-20-17-14-11-8-5-2/h17-18,20-21,26-27,29-30,34,37,43,46,52,55,64H,4-16,19,22-25,28,31-33,35-36,38-42,44-45,47-51,53-54,56-63H2,1-3H3/b20-17-,21-18-,29-26-,30-27-,37-34-,46-43-,55-52-/t64-/m1/s1. The van der Waals surface area contributed by atoms with Crippen LogP contribution in [-0.2, 0) is 28.6 Å². The summed E-state index contributed by atoms with van der Waals surface area (Å²) in [7, 11) is 0. The van der Waals surface area contributed by atoms with Crippen LogP contribution in [0.5, 0.6) is 0 Å². The number of unbranched alkanes of at least 4 members (excludes halogenated alkanes) is 31. The van der Waals surface area contributed by atoms with E-state index in [9.17, 15) is 14.4 Å². The fraction of sp³-hybridized carbons (Fsp3) is 0.746. The molecule has 0 amide bonds. The highest BCUT2D eigenvalue weighted by atomic mass is 16.6. The fourth-order valence-electron chi connectivity index (χ4n) is 8.69. The molecule has 0 radical (unpaired) electrons. The normalized spacial score (nSPS) is 12.6. The molecule has 73 heavy (non-hydrogen) atoms. The summed E-state index contributed by atoms with van der Waals surface area (Å²) in [5.74, 6) is -0.986. The molecule has 0 heterocycles. The number of carbonyl (C=O) groups is 3. The van der Waals surface area contributed by atoms with Crippen molar-refractivity contribution in [1.82, 2.24) is 0 Å². The summed E-state index contributed by atoms with van der Waals surface area (Å²) >= 11 is 0. The molecule has 420 valence electrons. The van der Waals surface area contributed by atoms with Crippen molar-refractivity contribution in [2.75, 3.05) is 13.2 Å². The highest BCUT2D eigenvalue weighted by Gasteiger charge is 2.19. The third-order valence-corrected chi connectivity index (χ3v) is 13.4. The maximum absolute atomic E-state index is 12.9. The topological polar surface area (TPSA) is 78.9 Å². The molecule has 0 aromatic rings. The number of allylic oxidation sites excluding steroid dienone is 14. The first-order chi connectivity index (χ1) is 36.0. The molecule has 6 nitrogen and oxygen atoms in total. The zero-order chi connectivity index (χ0) is 52.9. The van der Waals surface area contributed by atoms with Crippen LogP contribution in [0.1, 0.15) is 303 Å². The van der Waals surface area contributed by atoms with Gasteiger partial charge in [-0.3, -0.25) is 14.4 Å². The second-order valence-electron chi connectivity index (χ2n) is 20.6. The molecule has 0 aromatic carbocycles. The van der Waals surface area contributed by atoms with Gasteiger partial charge in [-0.25, -0.2) is 0 Å². The van der Waals surface area contributed by atoms with E-state index < -0.39 is 6.10 Å². The van der Waals surface area contributed by atoms with E-state index in [4.69, 9.17) is 14.2 Å². The Balaban J connectivity index is 4.48. The van der Waals surface area contributed by atoms with E-state index in [0.29, 0.717) is 19.3 Å².